The molecule has 7 heteroatoms. The van der Waals surface area contributed by atoms with Crippen LogP contribution in [0.15, 0.2) is 16.3 Å². The number of rotatable bonds is 4. The number of hydrogen-bond acceptors (Lipinski definition) is 4. The summed E-state index contributed by atoms with van der Waals surface area (Å²) in [4.78, 5) is 1.04. The predicted octanol–water partition coefficient (Wildman–Crippen LogP) is 1.90. The Bertz CT molecular complexity index is 485. The Morgan fingerprint density at radius 1 is 1.65 bits per heavy atom. The summed E-state index contributed by atoms with van der Waals surface area (Å²) >= 11 is 7.12. The molecule has 0 saturated carbocycles. The first kappa shape index (κ1) is 13.3. The van der Waals surface area contributed by atoms with Crippen LogP contribution in [0.5, 0.6) is 0 Å². The molecule has 0 spiro atoms. The van der Waals surface area contributed by atoms with Crippen LogP contribution in [0.2, 0.25) is 0 Å². The van der Waals surface area contributed by atoms with E-state index in [-0.39, 0.29) is 12.0 Å². The van der Waals surface area contributed by atoms with Gasteiger partial charge in [-0.15, -0.1) is 22.9 Å². The zero-order valence-electron chi connectivity index (χ0n) is 9.43. The molecule has 1 saturated heterocycles. The number of ether oxygens (including phenoxy) is 1. The average Bonchev–Trinajstić information content (AvgIpc) is 2.97. The van der Waals surface area contributed by atoms with Crippen molar-refractivity contribution in [3.8, 4) is 0 Å². The average molecular weight is 296 g/mol. The van der Waals surface area contributed by atoms with Crippen molar-refractivity contribution in [2.75, 3.05) is 20.2 Å². The van der Waals surface area contributed by atoms with E-state index < -0.39 is 10.0 Å². The largest absolute Gasteiger partial charge is 0.380 e. The third kappa shape index (κ3) is 2.51. The van der Waals surface area contributed by atoms with Crippen LogP contribution in [0.4, 0.5) is 0 Å². The molecule has 0 aromatic carbocycles. The Morgan fingerprint density at radius 2 is 2.41 bits per heavy atom. The van der Waals surface area contributed by atoms with Gasteiger partial charge < -0.3 is 4.74 Å². The molecule has 0 amide bonds. The van der Waals surface area contributed by atoms with Crippen molar-refractivity contribution < 1.29 is 13.2 Å². The van der Waals surface area contributed by atoms with E-state index in [1.54, 1.807) is 18.6 Å². The fraction of sp³-hybridized carbons (Fsp3) is 0.600. The predicted molar refractivity (Wildman–Crippen MR) is 68.0 cm³/mol. The van der Waals surface area contributed by atoms with Gasteiger partial charge in [-0.1, -0.05) is 0 Å². The van der Waals surface area contributed by atoms with Crippen LogP contribution in [0.3, 0.4) is 0 Å². The molecular weight excluding hydrogens is 282 g/mol. The third-order valence-corrected chi connectivity index (χ3v) is 6.31. The molecule has 1 aliphatic rings. The van der Waals surface area contributed by atoms with Gasteiger partial charge >= 0.3 is 0 Å². The van der Waals surface area contributed by atoms with Gasteiger partial charge in [-0.25, -0.2) is 8.42 Å². The van der Waals surface area contributed by atoms with Gasteiger partial charge in [-0.3, -0.25) is 0 Å². The Kier molecular flexibility index (Phi) is 4.10. The second-order valence-electron chi connectivity index (χ2n) is 3.85. The van der Waals surface area contributed by atoms with Crippen LogP contribution in [0.25, 0.3) is 0 Å². The number of methoxy groups -OCH3 is 1. The van der Waals surface area contributed by atoms with Crippen molar-refractivity contribution in [3.63, 3.8) is 0 Å². The summed E-state index contributed by atoms with van der Waals surface area (Å²) in [6.07, 6.45) is 0.749. The summed E-state index contributed by atoms with van der Waals surface area (Å²) in [6.45, 7) is 0.939. The molecular formula is C10H14ClNO3S2. The highest BCUT2D eigenvalue weighted by molar-refractivity contribution is 7.89. The summed E-state index contributed by atoms with van der Waals surface area (Å²) in [5, 5.41) is 1.76. The van der Waals surface area contributed by atoms with Crippen molar-refractivity contribution in [2.24, 2.45) is 0 Å². The Hall–Kier alpha value is -0.140. The first-order valence-electron chi connectivity index (χ1n) is 5.25. The highest BCUT2D eigenvalue weighted by Crippen LogP contribution is 2.29. The summed E-state index contributed by atoms with van der Waals surface area (Å²) in [7, 11) is -1.80. The van der Waals surface area contributed by atoms with E-state index in [0.717, 1.165) is 6.42 Å². The summed E-state index contributed by atoms with van der Waals surface area (Å²) in [6, 6.07) is 1.62. The zero-order chi connectivity index (χ0) is 12.5. The minimum absolute atomic E-state index is 0.00265. The SMILES string of the molecule is COC1CCN(S(=O)(=O)c2ccsc2CCl)C1. The molecule has 1 aliphatic heterocycles. The standard InChI is InChI=1S/C10H14ClNO3S2/c1-15-8-2-4-12(7-8)17(13,14)10-3-5-16-9(10)6-11/h3,5,8H,2,4,6-7H2,1H3. The van der Waals surface area contributed by atoms with Crippen molar-refractivity contribution >= 4 is 33.0 Å². The molecule has 0 N–H and O–H groups in total. The van der Waals surface area contributed by atoms with E-state index in [9.17, 15) is 8.42 Å². The van der Waals surface area contributed by atoms with Gasteiger partial charge in [0.2, 0.25) is 10.0 Å². The summed E-state index contributed by atoms with van der Waals surface area (Å²) in [5.74, 6) is 0.230. The molecule has 2 heterocycles. The van der Waals surface area contributed by atoms with Crippen molar-refractivity contribution in [1.29, 1.82) is 0 Å². The van der Waals surface area contributed by atoms with E-state index in [4.69, 9.17) is 16.3 Å². The Morgan fingerprint density at radius 3 is 3.00 bits per heavy atom. The van der Waals surface area contributed by atoms with Crippen LogP contribution in [0, 0.1) is 0 Å². The van der Waals surface area contributed by atoms with Gasteiger partial charge in [-0.05, 0) is 17.9 Å². The first-order valence-corrected chi connectivity index (χ1v) is 8.10. The molecule has 0 radical (unpaired) electrons. The number of nitrogens with zero attached hydrogens (tertiary/aromatic N) is 1. The van der Waals surface area contributed by atoms with E-state index in [1.165, 1.54) is 15.6 Å². The number of alkyl halides is 1. The Labute approximate surface area is 110 Å². The molecule has 0 bridgehead atoms. The molecule has 1 fully saturated rings. The molecule has 1 atom stereocenters. The second kappa shape index (κ2) is 5.24. The molecule has 17 heavy (non-hydrogen) atoms. The first-order chi connectivity index (χ1) is 8.09. The lowest BCUT2D eigenvalue weighted by Gasteiger charge is -2.16. The number of halogens is 1. The van der Waals surface area contributed by atoms with Gasteiger partial charge in [0.25, 0.3) is 0 Å². The van der Waals surface area contributed by atoms with E-state index in [1.807, 2.05) is 0 Å². The molecule has 4 nitrogen and oxygen atoms in total. The fourth-order valence-electron chi connectivity index (χ4n) is 1.90. The van der Waals surface area contributed by atoms with Gasteiger partial charge in [0.05, 0.1) is 16.9 Å². The lowest BCUT2D eigenvalue weighted by molar-refractivity contribution is 0.115. The van der Waals surface area contributed by atoms with E-state index >= 15 is 0 Å². The zero-order valence-corrected chi connectivity index (χ0v) is 11.8. The molecule has 1 aromatic heterocycles. The topological polar surface area (TPSA) is 46.6 Å². The summed E-state index contributed by atoms with van der Waals surface area (Å²) < 4.78 is 31.4. The maximum Gasteiger partial charge on any atom is 0.244 e. The number of sulfonamides is 1. The molecule has 96 valence electrons. The lowest BCUT2D eigenvalue weighted by atomic mass is 10.3. The van der Waals surface area contributed by atoms with Crippen molar-refractivity contribution in [3.05, 3.63) is 16.3 Å². The lowest BCUT2D eigenvalue weighted by Crippen LogP contribution is -2.30. The monoisotopic (exact) mass is 295 g/mol. The van der Waals surface area contributed by atoms with E-state index in [2.05, 4.69) is 0 Å². The van der Waals surface area contributed by atoms with Crippen LogP contribution in [0.1, 0.15) is 11.3 Å². The number of hydrogen-bond donors (Lipinski definition) is 0. The van der Waals surface area contributed by atoms with Crippen molar-refractivity contribution in [2.45, 2.75) is 23.3 Å². The third-order valence-electron chi connectivity index (χ3n) is 2.88. The van der Waals surface area contributed by atoms with Gasteiger partial charge in [0, 0.05) is 25.1 Å². The molecule has 0 aliphatic carbocycles. The van der Waals surface area contributed by atoms with Crippen LogP contribution < -0.4 is 0 Å². The fourth-order valence-corrected chi connectivity index (χ4v) is 5.06. The maximum absolute atomic E-state index is 12.4. The number of thiophene rings is 1. The molecule has 1 aromatic rings. The highest BCUT2D eigenvalue weighted by atomic mass is 35.5. The van der Waals surface area contributed by atoms with Crippen LogP contribution >= 0.6 is 22.9 Å². The van der Waals surface area contributed by atoms with Gasteiger partial charge in [0.15, 0.2) is 0 Å². The Balaban J connectivity index is 2.26. The smallest absolute Gasteiger partial charge is 0.244 e. The second-order valence-corrected chi connectivity index (χ2v) is 7.03. The molecule has 1 unspecified atom stereocenters. The molecule has 2 rings (SSSR count). The normalized spacial score (nSPS) is 22.1. The maximum atomic E-state index is 12.4. The minimum atomic E-state index is -3.40. The quantitative estimate of drug-likeness (QED) is 0.797. The minimum Gasteiger partial charge on any atom is -0.380 e. The van der Waals surface area contributed by atoms with E-state index in [0.29, 0.717) is 22.9 Å². The van der Waals surface area contributed by atoms with Crippen LogP contribution in [-0.4, -0.2) is 39.0 Å². The van der Waals surface area contributed by atoms with Crippen LogP contribution in [-0.2, 0) is 20.6 Å². The van der Waals surface area contributed by atoms with Gasteiger partial charge in [0.1, 0.15) is 0 Å². The van der Waals surface area contributed by atoms with Gasteiger partial charge in [-0.2, -0.15) is 4.31 Å². The summed E-state index contributed by atoms with van der Waals surface area (Å²) in [5.41, 5.74) is 0. The highest BCUT2D eigenvalue weighted by Gasteiger charge is 2.34. The van der Waals surface area contributed by atoms with Crippen molar-refractivity contribution in [1.82, 2.24) is 4.31 Å².